The van der Waals surface area contributed by atoms with Gasteiger partial charge < -0.3 is 0 Å². The predicted octanol–water partition coefficient (Wildman–Crippen LogP) is 2.01. The van der Waals surface area contributed by atoms with Gasteiger partial charge in [0.2, 0.25) is 0 Å². The molecular formula is C15H17N9. The molecule has 0 saturated carbocycles. The number of hydrogen-bond acceptors (Lipinski definition) is 5. The molecule has 0 aliphatic rings. The van der Waals surface area contributed by atoms with Crippen LogP contribution in [0.1, 0.15) is 17.0 Å². The maximum atomic E-state index is 8.26. The molecule has 0 unspecified atom stereocenters. The summed E-state index contributed by atoms with van der Waals surface area (Å²) >= 11 is 0. The van der Waals surface area contributed by atoms with Crippen LogP contribution in [0.25, 0.3) is 10.4 Å². The van der Waals surface area contributed by atoms with Crippen LogP contribution in [0.3, 0.4) is 0 Å². The average molecular weight is 323 g/mol. The number of nitrogens with zero attached hydrogens (tertiary/aromatic N) is 9. The number of aromatic nitrogens is 6. The molecule has 0 saturated heterocycles. The first-order chi connectivity index (χ1) is 11.8. The number of benzene rings is 1. The fraction of sp³-hybridized carbons (Fsp3) is 0.333. The van der Waals surface area contributed by atoms with Gasteiger partial charge in [-0.2, -0.15) is 0 Å². The molecule has 0 aliphatic carbocycles. The van der Waals surface area contributed by atoms with Gasteiger partial charge in [-0.05, 0) is 17.5 Å². The Hall–Kier alpha value is -3.19. The van der Waals surface area contributed by atoms with Gasteiger partial charge >= 0.3 is 0 Å². The van der Waals surface area contributed by atoms with Crippen LogP contribution in [-0.4, -0.2) is 36.5 Å². The molecule has 2 aromatic heterocycles. The van der Waals surface area contributed by atoms with Gasteiger partial charge in [0.05, 0.1) is 17.9 Å². The van der Waals surface area contributed by atoms with Gasteiger partial charge in [0.25, 0.3) is 0 Å². The molecule has 0 radical (unpaired) electrons. The highest BCUT2D eigenvalue weighted by molar-refractivity contribution is 5.14. The van der Waals surface area contributed by atoms with E-state index in [2.05, 4.69) is 42.8 Å². The number of azide groups is 1. The van der Waals surface area contributed by atoms with Crippen LogP contribution < -0.4 is 0 Å². The number of hydrogen-bond donors (Lipinski definition) is 0. The summed E-state index contributed by atoms with van der Waals surface area (Å²) < 4.78 is 3.60. The van der Waals surface area contributed by atoms with Crippen LogP contribution >= 0.6 is 0 Å². The number of rotatable bonds is 8. The summed E-state index contributed by atoms with van der Waals surface area (Å²) in [5.74, 6) is 0. The van der Waals surface area contributed by atoms with E-state index in [-0.39, 0.29) is 0 Å². The molecule has 0 fully saturated rings. The van der Waals surface area contributed by atoms with Crippen LogP contribution in [-0.2, 0) is 25.9 Å². The van der Waals surface area contributed by atoms with Gasteiger partial charge in [-0.3, -0.25) is 4.68 Å². The molecule has 0 spiro atoms. The zero-order valence-corrected chi connectivity index (χ0v) is 13.1. The van der Waals surface area contributed by atoms with Crippen LogP contribution in [0.2, 0.25) is 0 Å². The molecule has 122 valence electrons. The molecule has 2 heterocycles. The van der Waals surface area contributed by atoms with Crippen LogP contribution in [0, 0.1) is 0 Å². The second-order valence-corrected chi connectivity index (χ2v) is 5.32. The smallest absolute Gasteiger partial charge is 0.0845 e. The largest absolute Gasteiger partial charge is 0.252 e. The Morgan fingerprint density at radius 1 is 0.958 bits per heavy atom. The van der Waals surface area contributed by atoms with Crippen molar-refractivity contribution >= 4 is 0 Å². The Balaban J connectivity index is 1.51. The predicted molar refractivity (Wildman–Crippen MR) is 87.0 cm³/mol. The molecule has 24 heavy (non-hydrogen) atoms. The third-order valence-corrected chi connectivity index (χ3v) is 3.49. The molecule has 3 aromatic rings. The number of aryl methyl sites for hydroxylation is 2. The second kappa shape index (κ2) is 7.89. The van der Waals surface area contributed by atoms with E-state index < -0.39 is 0 Å². The first-order valence-electron chi connectivity index (χ1n) is 7.66. The molecule has 0 aliphatic heterocycles. The summed E-state index contributed by atoms with van der Waals surface area (Å²) in [5.41, 5.74) is 11.2. The third-order valence-electron chi connectivity index (χ3n) is 3.49. The van der Waals surface area contributed by atoms with E-state index >= 15 is 0 Å². The molecule has 0 N–H and O–H groups in total. The van der Waals surface area contributed by atoms with E-state index in [0.717, 1.165) is 17.8 Å². The van der Waals surface area contributed by atoms with Crippen molar-refractivity contribution in [3.05, 3.63) is 70.1 Å². The van der Waals surface area contributed by atoms with Crippen molar-refractivity contribution in [2.24, 2.45) is 5.11 Å². The quantitative estimate of drug-likeness (QED) is 0.358. The maximum Gasteiger partial charge on any atom is 0.0845 e. The van der Waals surface area contributed by atoms with Gasteiger partial charge in [-0.25, -0.2) is 4.68 Å². The van der Waals surface area contributed by atoms with Gasteiger partial charge in [0, 0.05) is 36.8 Å². The summed E-state index contributed by atoms with van der Waals surface area (Å²) in [6.07, 6.45) is 5.14. The molecule has 9 nitrogen and oxygen atoms in total. The highest BCUT2D eigenvalue weighted by atomic mass is 15.4. The normalized spacial score (nSPS) is 10.5. The monoisotopic (exact) mass is 323 g/mol. The molecule has 3 rings (SSSR count). The Morgan fingerprint density at radius 3 is 2.46 bits per heavy atom. The minimum Gasteiger partial charge on any atom is -0.252 e. The highest BCUT2D eigenvalue weighted by Gasteiger charge is 2.04. The summed E-state index contributed by atoms with van der Waals surface area (Å²) in [7, 11) is 0. The van der Waals surface area contributed by atoms with Crippen LogP contribution in [0.5, 0.6) is 0 Å². The van der Waals surface area contributed by atoms with E-state index in [9.17, 15) is 0 Å². The van der Waals surface area contributed by atoms with Crippen molar-refractivity contribution in [1.29, 1.82) is 0 Å². The minimum absolute atomic E-state index is 0.392. The topological polar surface area (TPSA) is 110 Å². The summed E-state index contributed by atoms with van der Waals surface area (Å²) in [6.45, 7) is 1.78. The Labute approximate surface area is 138 Å². The molecule has 9 heteroatoms. The molecule has 0 bridgehead atoms. The van der Waals surface area contributed by atoms with Crippen LogP contribution in [0.4, 0.5) is 0 Å². The van der Waals surface area contributed by atoms with Gasteiger partial charge in [0.1, 0.15) is 0 Å². The van der Waals surface area contributed by atoms with Crippen LogP contribution in [0.15, 0.2) is 47.8 Å². The lowest BCUT2D eigenvalue weighted by Crippen LogP contribution is -2.02. The lowest BCUT2D eigenvalue weighted by molar-refractivity contribution is 0.583. The first kappa shape index (κ1) is 15.7. The van der Waals surface area contributed by atoms with E-state index in [4.69, 9.17) is 5.53 Å². The Morgan fingerprint density at radius 2 is 1.67 bits per heavy atom. The van der Waals surface area contributed by atoms with E-state index in [1.165, 1.54) is 5.56 Å². The fourth-order valence-corrected chi connectivity index (χ4v) is 2.30. The second-order valence-electron chi connectivity index (χ2n) is 5.32. The molecule has 1 aromatic carbocycles. The minimum atomic E-state index is 0.392. The lowest BCUT2D eigenvalue weighted by Gasteiger charge is -1.99. The Bertz CT molecular complexity index is 814. The van der Waals surface area contributed by atoms with E-state index in [0.29, 0.717) is 26.1 Å². The van der Waals surface area contributed by atoms with E-state index in [1.54, 1.807) is 4.68 Å². The summed E-state index contributed by atoms with van der Waals surface area (Å²) in [5, 5.41) is 19.9. The fourth-order valence-electron chi connectivity index (χ4n) is 2.30. The average Bonchev–Trinajstić information content (AvgIpc) is 3.24. The third kappa shape index (κ3) is 4.40. The van der Waals surface area contributed by atoms with Crippen molar-refractivity contribution in [2.75, 3.05) is 6.54 Å². The summed E-state index contributed by atoms with van der Waals surface area (Å²) in [4.78, 5) is 2.72. The highest BCUT2D eigenvalue weighted by Crippen LogP contribution is 2.04. The SMILES string of the molecule is [N-]=[N+]=NCCc1cn(CCc2cn(Cc3ccccc3)nn2)nn1. The standard InChI is InChI=1S/C15H17N9/c16-20-17-8-6-14-11-23(21-18-14)9-7-15-12-24(22-19-15)10-13-4-2-1-3-5-13/h1-5,11-12H,6-10H2. The summed E-state index contributed by atoms with van der Waals surface area (Å²) in [6, 6.07) is 10.1. The van der Waals surface area contributed by atoms with Gasteiger partial charge in [-0.15, -0.1) is 10.2 Å². The van der Waals surface area contributed by atoms with Crippen molar-refractivity contribution in [3.8, 4) is 0 Å². The van der Waals surface area contributed by atoms with Crippen molar-refractivity contribution in [1.82, 2.24) is 30.0 Å². The Kier molecular flexibility index (Phi) is 5.16. The van der Waals surface area contributed by atoms with Gasteiger partial charge in [-0.1, -0.05) is 45.9 Å². The zero-order chi connectivity index (χ0) is 16.6. The van der Waals surface area contributed by atoms with Crippen molar-refractivity contribution in [2.45, 2.75) is 25.9 Å². The van der Waals surface area contributed by atoms with Crippen molar-refractivity contribution in [3.63, 3.8) is 0 Å². The van der Waals surface area contributed by atoms with Gasteiger partial charge in [0.15, 0.2) is 0 Å². The molecule has 0 amide bonds. The van der Waals surface area contributed by atoms with Crippen molar-refractivity contribution < 1.29 is 0 Å². The first-order valence-corrected chi connectivity index (χ1v) is 7.66. The zero-order valence-electron chi connectivity index (χ0n) is 13.1. The lowest BCUT2D eigenvalue weighted by atomic mass is 10.2. The maximum absolute atomic E-state index is 8.26. The molecule has 0 atom stereocenters. The van der Waals surface area contributed by atoms with E-state index in [1.807, 2.05) is 35.3 Å². The molecular weight excluding hydrogens is 306 g/mol.